The van der Waals surface area contributed by atoms with Crippen molar-refractivity contribution in [3.05, 3.63) is 23.0 Å². The van der Waals surface area contributed by atoms with E-state index >= 15 is 0 Å². The molecular formula is C8H6F2N2OS. The van der Waals surface area contributed by atoms with Crippen molar-refractivity contribution in [3.8, 4) is 5.75 Å². The van der Waals surface area contributed by atoms with Gasteiger partial charge in [-0.1, -0.05) is 6.07 Å². The first-order valence-electron chi connectivity index (χ1n) is 3.82. The predicted octanol–water partition coefficient (Wildman–Crippen LogP) is 2.83. The van der Waals surface area contributed by atoms with Crippen molar-refractivity contribution in [3.63, 3.8) is 0 Å². The number of fused-ring (bicyclic) bond motifs is 1. The summed E-state index contributed by atoms with van der Waals surface area (Å²) in [4.78, 5) is 5.54. The number of rotatable bonds is 2. The number of aromatic nitrogens is 2. The number of hydrogen-bond donors (Lipinski definition) is 2. The smallest absolute Gasteiger partial charge is 0.387 e. The molecule has 1 aromatic heterocycles. The normalized spacial score (nSPS) is 11.1. The fourth-order valence-corrected chi connectivity index (χ4v) is 1.44. The van der Waals surface area contributed by atoms with Crippen LogP contribution in [0.25, 0.3) is 11.0 Å². The van der Waals surface area contributed by atoms with E-state index in [0.717, 1.165) is 0 Å². The number of halogens is 2. The van der Waals surface area contributed by atoms with Gasteiger partial charge in [0.05, 0.1) is 5.52 Å². The van der Waals surface area contributed by atoms with E-state index < -0.39 is 6.61 Å². The Morgan fingerprint density at radius 2 is 2.07 bits per heavy atom. The van der Waals surface area contributed by atoms with E-state index in [2.05, 4.69) is 14.7 Å². The zero-order valence-corrected chi connectivity index (χ0v) is 7.70. The Labute approximate surface area is 82.7 Å². The molecule has 3 nitrogen and oxygen atoms in total. The molecule has 1 heterocycles. The second-order valence-corrected chi connectivity index (χ2v) is 3.04. The third-order valence-electron chi connectivity index (χ3n) is 1.73. The minimum absolute atomic E-state index is 0.0878. The van der Waals surface area contributed by atoms with Crippen molar-refractivity contribution in [1.82, 2.24) is 9.97 Å². The lowest BCUT2D eigenvalue weighted by molar-refractivity contribution is -0.0489. The predicted molar refractivity (Wildman–Crippen MR) is 50.1 cm³/mol. The molecule has 0 radical (unpaired) electrons. The van der Waals surface area contributed by atoms with E-state index in [4.69, 9.17) is 12.2 Å². The zero-order chi connectivity index (χ0) is 10.1. The van der Waals surface area contributed by atoms with Gasteiger partial charge in [-0.3, -0.25) is 0 Å². The maximum Gasteiger partial charge on any atom is 0.387 e. The van der Waals surface area contributed by atoms with E-state index in [-0.39, 0.29) is 5.75 Å². The molecule has 1 aromatic carbocycles. The number of nitrogens with one attached hydrogen (secondary N) is 2. The van der Waals surface area contributed by atoms with Crippen LogP contribution in [0.5, 0.6) is 5.75 Å². The second kappa shape index (κ2) is 3.38. The topological polar surface area (TPSA) is 40.8 Å². The van der Waals surface area contributed by atoms with E-state index in [1.165, 1.54) is 6.07 Å². The van der Waals surface area contributed by atoms with E-state index in [0.29, 0.717) is 15.8 Å². The van der Waals surface area contributed by atoms with Crippen molar-refractivity contribution in [2.45, 2.75) is 6.61 Å². The Morgan fingerprint density at radius 3 is 2.79 bits per heavy atom. The number of benzene rings is 1. The summed E-state index contributed by atoms with van der Waals surface area (Å²) in [5.41, 5.74) is 1.10. The van der Waals surface area contributed by atoms with Crippen molar-refractivity contribution in [2.75, 3.05) is 0 Å². The molecule has 0 atom stereocenters. The largest absolute Gasteiger partial charge is 0.433 e. The Balaban J connectivity index is 2.58. The molecule has 14 heavy (non-hydrogen) atoms. The van der Waals surface area contributed by atoms with Gasteiger partial charge in [0, 0.05) is 0 Å². The van der Waals surface area contributed by atoms with Crippen LogP contribution in [-0.4, -0.2) is 16.6 Å². The van der Waals surface area contributed by atoms with Crippen molar-refractivity contribution >= 4 is 23.3 Å². The molecule has 0 aliphatic heterocycles. The molecule has 6 heteroatoms. The van der Waals surface area contributed by atoms with Crippen LogP contribution >= 0.6 is 12.2 Å². The van der Waals surface area contributed by atoms with Crippen molar-refractivity contribution in [1.29, 1.82) is 0 Å². The van der Waals surface area contributed by atoms with E-state index in [1.807, 2.05) is 0 Å². The summed E-state index contributed by atoms with van der Waals surface area (Å²) in [6.45, 7) is -2.84. The Bertz CT molecular complexity index is 505. The van der Waals surface area contributed by atoms with Gasteiger partial charge < -0.3 is 14.7 Å². The fraction of sp³-hybridized carbons (Fsp3) is 0.125. The molecule has 0 amide bonds. The van der Waals surface area contributed by atoms with Crippen LogP contribution in [0, 0.1) is 4.77 Å². The highest BCUT2D eigenvalue weighted by atomic mass is 32.1. The molecule has 0 bridgehead atoms. The summed E-state index contributed by atoms with van der Waals surface area (Å²) in [5.74, 6) is 0.0878. The lowest BCUT2D eigenvalue weighted by atomic mass is 10.3. The summed E-state index contributed by atoms with van der Waals surface area (Å²) in [6.07, 6.45) is 0. The maximum absolute atomic E-state index is 12.0. The molecule has 0 spiro atoms. The monoisotopic (exact) mass is 216 g/mol. The highest BCUT2D eigenvalue weighted by Gasteiger charge is 2.08. The number of imidazole rings is 1. The van der Waals surface area contributed by atoms with Crippen LogP contribution in [0.2, 0.25) is 0 Å². The van der Waals surface area contributed by atoms with Crippen LogP contribution in [-0.2, 0) is 0 Å². The first kappa shape index (κ1) is 9.14. The van der Waals surface area contributed by atoms with Gasteiger partial charge in [0.1, 0.15) is 5.52 Å². The van der Waals surface area contributed by atoms with E-state index in [9.17, 15) is 8.78 Å². The molecule has 0 unspecified atom stereocenters. The maximum atomic E-state index is 12.0. The highest BCUT2D eigenvalue weighted by molar-refractivity contribution is 7.71. The summed E-state index contributed by atoms with van der Waals surface area (Å²) < 4.78 is 28.7. The Kier molecular flexibility index (Phi) is 2.20. The minimum atomic E-state index is -2.84. The van der Waals surface area contributed by atoms with Crippen LogP contribution in [0.4, 0.5) is 8.78 Å². The molecule has 74 valence electrons. The molecular weight excluding hydrogens is 210 g/mol. The van der Waals surface area contributed by atoms with Crippen molar-refractivity contribution in [2.24, 2.45) is 0 Å². The van der Waals surface area contributed by atoms with Gasteiger partial charge in [-0.05, 0) is 24.4 Å². The molecule has 0 fully saturated rings. The number of para-hydroxylation sites is 1. The van der Waals surface area contributed by atoms with Gasteiger partial charge in [-0.25, -0.2) is 0 Å². The third-order valence-corrected chi connectivity index (χ3v) is 1.93. The average molecular weight is 216 g/mol. The minimum Gasteiger partial charge on any atom is -0.433 e. The van der Waals surface area contributed by atoms with Crippen molar-refractivity contribution < 1.29 is 13.5 Å². The van der Waals surface area contributed by atoms with Gasteiger partial charge in [0.15, 0.2) is 10.5 Å². The number of ether oxygens (including phenoxy) is 1. The molecule has 2 aromatic rings. The molecule has 0 saturated heterocycles. The molecule has 0 aliphatic rings. The van der Waals surface area contributed by atoms with E-state index in [1.54, 1.807) is 12.1 Å². The van der Waals surface area contributed by atoms with Crippen LogP contribution in [0.1, 0.15) is 0 Å². The molecule has 0 saturated carbocycles. The van der Waals surface area contributed by atoms with Gasteiger partial charge in [-0.15, -0.1) is 0 Å². The number of H-pyrrole nitrogens is 2. The lowest BCUT2D eigenvalue weighted by Crippen LogP contribution is -2.02. The summed E-state index contributed by atoms with van der Waals surface area (Å²) in [6, 6.07) is 4.78. The summed E-state index contributed by atoms with van der Waals surface area (Å²) in [7, 11) is 0. The Morgan fingerprint density at radius 1 is 1.29 bits per heavy atom. The number of aromatic amines is 2. The second-order valence-electron chi connectivity index (χ2n) is 2.64. The first-order valence-corrected chi connectivity index (χ1v) is 4.23. The third kappa shape index (κ3) is 1.60. The number of hydrogen-bond acceptors (Lipinski definition) is 2. The number of alkyl halides is 2. The van der Waals surface area contributed by atoms with Gasteiger partial charge in [0.25, 0.3) is 0 Å². The molecule has 0 aliphatic carbocycles. The SMILES string of the molecule is FC(F)Oc1cccc2[nH]c(=S)[nH]c12. The Hall–Kier alpha value is -1.43. The van der Waals surface area contributed by atoms with Crippen LogP contribution < -0.4 is 4.74 Å². The van der Waals surface area contributed by atoms with Crippen LogP contribution in [0.15, 0.2) is 18.2 Å². The van der Waals surface area contributed by atoms with Gasteiger partial charge in [-0.2, -0.15) is 8.78 Å². The molecule has 2 rings (SSSR count). The van der Waals surface area contributed by atoms with Crippen LogP contribution in [0.3, 0.4) is 0 Å². The first-order chi connectivity index (χ1) is 6.66. The van der Waals surface area contributed by atoms with Gasteiger partial charge >= 0.3 is 6.61 Å². The lowest BCUT2D eigenvalue weighted by Gasteiger charge is -2.04. The van der Waals surface area contributed by atoms with Gasteiger partial charge in [0.2, 0.25) is 0 Å². The average Bonchev–Trinajstić information content (AvgIpc) is 2.45. The zero-order valence-electron chi connectivity index (χ0n) is 6.88. The standard InChI is InChI=1S/C8H6F2N2OS/c9-7(10)13-5-3-1-2-4-6(5)12-8(14)11-4/h1-3,7H,(H2,11,12,14). The highest BCUT2D eigenvalue weighted by Crippen LogP contribution is 2.23. The fourth-order valence-electron chi connectivity index (χ4n) is 1.23. The quantitative estimate of drug-likeness (QED) is 0.758. The summed E-state index contributed by atoms with van der Waals surface area (Å²) in [5, 5.41) is 0. The summed E-state index contributed by atoms with van der Waals surface area (Å²) >= 11 is 4.83. The molecule has 2 N–H and O–H groups in total.